The van der Waals surface area contributed by atoms with Crippen molar-refractivity contribution in [1.82, 2.24) is 20.3 Å². The molecule has 8 nitrogen and oxygen atoms in total. The number of nitrogens with zero attached hydrogens (tertiary/aromatic N) is 3. The second-order valence-corrected chi connectivity index (χ2v) is 6.77. The quantitative estimate of drug-likeness (QED) is 0.471. The van der Waals surface area contributed by atoms with Crippen LogP contribution in [0, 0.1) is 0 Å². The van der Waals surface area contributed by atoms with E-state index in [1.807, 2.05) is 36.5 Å². The first-order chi connectivity index (χ1) is 15.2. The second-order valence-electron chi connectivity index (χ2n) is 6.77. The minimum Gasteiger partial charge on any atom is -0.497 e. The minimum absolute atomic E-state index is 0.203. The lowest BCUT2D eigenvalue weighted by molar-refractivity contribution is 0.0945. The molecule has 158 valence electrons. The molecule has 0 radical (unpaired) electrons. The molecule has 4 rings (SSSR count). The Morgan fingerprint density at radius 3 is 2.65 bits per heavy atom. The summed E-state index contributed by atoms with van der Waals surface area (Å²) in [6.45, 7) is 0.477. The summed E-state index contributed by atoms with van der Waals surface area (Å²) in [5.74, 6) is 1.37. The van der Waals surface area contributed by atoms with Gasteiger partial charge in [-0.2, -0.15) is 5.10 Å². The normalized spacial score (nSPS) is 10.6. The van der Waals surface area contributed by atoms with E-state index in [-0.39, 0.29) is 11.6 Å². The highest BCUT2D eigenvalue weighted by atomic mass is 16.5. The Kier molecular flexibility index (Phi) is 5.98. The maximum absolute atomic E-state index is 12.5. The average molecular weight is 418 g/mol. The molecule has 2 heterocycles. The fourth-order valence-electron chi connectivity index (χ4n) is 3.16. The van der Waals surface area contributed by atoms with E-state index in [0.717, 1.165) is 11.3 Å². The van der Waals surface area contributed by atoms with Crippen LogP contribution in [0.4, 0.5) is 0 Å². The van der Waals surface area contributed by atoms with Crippen molar-refractivity contribution in [3.8, 4) is 28.5 Å². The molecule has 0 bridgehead atoms. The fraction of sp³-hybridized carbons (Fsp3) is 0.174. The van der Waals surface area contributed by atoms with E-state index in [0.29, 0.717) is 35.8 Å². The average Bonchev–Trinajstić information content (AvgIpc) is 3.51. The Morgan fingerprint density at radius 2 is 1.94 bits per heavy atom. The lowest BCUT2D eigenvalue weighted by Crippen LogP contribution is -2.25. The first kappa shape index (κ1) is 20.2. The van der Waals surface area contributed by atoms with Gasteiger partial charge in [-0.3, -0.25) is 4.79 Å². The number of nitrogens with one attached hydrogen (secondary N) is 1. The van der Waals surface area contributed by atoms with Crippen molar-refractivity contribution in [2.75, 3.05) is 20.8 Å². The van der Waals surface area contributed by atoms with Crippen molar-refractivity contribution >= 4 is 5.91 Å². The number of hydrogen-bond acceptors (Lipinski definition) is 6. The molecule has 0 fully saturated rings. The van der Waals surface area contributed by atoms with Crippen molar-refractivity contribution in [1.29, 1.82) is 0 Å². The van der Waals surface area contributed by atoms with Crippen LogP contribution < -0.4 is 14.8 Å². The molecule has 0 saturated carbocycles. The number of carbonyl (C=O) groups is 1. The molecule has 31 heavy (non-hydrogen) atoms. The van der Waals surface area contributed by atoms with Crippen LogP contribution >= 0.6 is 0 Å². The summed E-state index contributed by atoms with van der Waals surface area (Å²) >= 11 is 0. The molecular weight excluding hydrogens is 396 g/mol. The van der Waals surface area contributed by atoms with Gasteiger partial charge in [0.05, 0.1) is 25.5 Å². The number of amides is 1. The zero-order chi connectivity index (χ0) is 21.6. The molecule has 0 aliphatic heterocycles. The van der Waals surface area contributed by atoms with Gasteiger partial charge in [0, 0.05) is 25.0 Å². The number of benzene rings is 2. The van der Waals surface area contributed by atoms with Gasteiger partial charge in [-0.25, -0.2) is 4.68 Å². The third-order valence-electron chi connectivity index (χ3n) is 4.82. The van der Waals surface area contributed by atoms with E-state index in [2.05, 4.69) is 15.6 Å². The lowest BCUT2D eigenvalue weighted by Gasteiger charge is -2.07. The van der Waals surface area contributed by atoms with Gasteiger partial charge in [-0.1, -0.05) is 17.3 Å². The van der Waals surface area contributed by atoms with Crippen LogP contribution in [-0.4, -0.2) is 41.6 Å². The van der Waals surface area contributed by atoms with Crippen LogP contribution in [0.15, 0.2) is 71.5 Å². The standard InChI is InChI=1S/C23H22N4O4/c1-29-18-8-9-21(30-2)19(14-18)22-15-20(26-31-22)23(28)24-12-10-16-4-6-17(7-5-16)27-13-3-11-25-27/h3-9,11,13-15H,10,12H2,1-2H3,(H,24,28). The van der Waals surface area contributed by atoms with Crippen LogP contribution in [-0.2, 0) is 6.42 Å². The predicted octanol–water partition coefficient (Wildman–Crippen LogP) is 3.52. The Bertz CT molecular complexity index is 1150. The van der Waals surface area contributed by atoms with E-state index >= 15 is 0 Å². The Morgan fingerprint density at radius 1 is 1.10 bits per heavy atom. The molecule has 0 spiro atoms. The Labute approximate surface area is 179 Å². The van der Waals surface area contributed by atoms with Gasteiger partial charge in [0.1, 0.15) is 11.5 Å². The number of carbonyl (C=O) groups excluding carboxylic acids is 1. The van der Waals surface area contributed by atoms with Crippen molar-refractivity contribution in [3.05, 3.63) is 78.2 Å². The van der Waals surface area contributed by atoms with Gasteiger partial charge in [0.25, 0.3) is 5.91 Å². The maximum atomic E-state index is 12.5. The molecule has 0 atom stereocenters. The fourth-order valence-corrected chi connectivity index (χ4v) is 3.16. The molecule has 0 aliphatic rings. The van der Waals surface area contributed by atoms with E-state index in [9.17, 15) is 4.79 Å². The highest BCUT2D eigenvalue weighted by Gasteiger charge is 2.17. The van der Waals surface area contributed by atoms with Crippen molar-refractivity contribution in [2.24, 2.45) is 0 Å². The third-order valence-corrected chi connectivity index (χ3v) is 4.82. The highest BCUT2D eigenvalue weighted by Crippen LogP contribution is 2.33. The lowest BCUT2D eigenvalue weighted by atomic mass is 10.1. The van der Waals surface area contributed by atoms with Crippen molar-refractivity contribution < 1.29 is 18.8 Å². The first-order valence-corrected chi connectivity index (χ1v) is 9.74. The largest absolute Gasteiger partial charge is 0.497 e. The van der Waals surface area contributed by atoms with Gasteiger partial charge in [0.2, 0.25) is 0 Å². The summed E-state index contributed by atoms with van der Waals surface area (Å²) < 4.78 is 17.8. The summed E-state index contributed by atoms with van der Waals surface area (Å²) in [5.41, 5.74) is 2.96. The highest BCUT2D eigenvalue weighted by molar-refractivity contribution is 5.93. The number of methoxy groups -OCH3 is 2. The monoisotopic (exact) mass is 418 g/mol. The van der Waals surface area contributed by atoms with E-state index in [1.165, 1.54) is 0 Å². The Hall–Kier alpha value is -4.07. The molecule has 0 aliphatic carbocycles. The molecular formula is C23H22N4O4. The van der Waals surface area contributed by atoms with Crippen molar-refractivity contribution in [3.63, 3.8) is 0 Å². The van der Waals surface area contributed by atoms with Crippen LogP contribution in [0.2, 0.25) is 0 Å². The second kappa shape index (κ2) is 9.17. The van der Waals surface area contributed by atoms with Crippen LogP contribution in [0.25, 0.3) is 17.0 Å². The van der Waals surface area contributed by atoms with Crippen LogP contribution in [0.5, 0.6) is 11.5 Å². The van der Waals surface area contributed by atoms with E-state index < -0.39 is 0 Å². The number of hydrogen-bond donors (Lipinski definition) is 1. The zero-order valence-corrected chi connectivity index (χ0v) is 17.2. The van der Waals surface area contributed by atoms with Gasteiger partial charge in [-0.15, -0.1) is 0 Å². The SMILES string of the molecule is COc1ccc(OC)c(-c2cc(C(=O)NCCc3ccc(-n4cccn4)cc3)no2)c1. The number of rotatable bonds is 8. The molecule has 2 aromatic carbocycles. The predicted molar refractivity (Wildman–Crippen MR) is 115 cm³/mol. The molecule has 1 N–H and O–H groups in total. The van der Waals surface area contributed by atoms with Crippen LogP contribution in [0.1, 0.15) is 16.1 Å². The number of ether oxygens (including phenoxy) is 2. The van der Waals surface area contributed by atoms with Gasteiger partial charge < -0.3 is 19.3 Å². The summed E-state index contributed by atoms with van der Waals surface area (Å²) in [6.07, 6.45) is 4.32. The van der Waals surface area contributed by atoms with E-state index in [1.54, 1.807) is 49.4 Å². The minimum atomic E-state index is -0.301. The summed E-state index contributed by atoms with van der Waals surface area (Å²) in [4.78, 5) is 12.5. The first-order valence-electron chi connectivity index (χ1n) is 9.74. The molecule has 8 heteroatoms. The maximum Gasteiger partial charge on any atom is 0.273 e. The topological polar surface area (TPSA) is 91.4 Å². The van der Waals surface area contributed by atoms with Gasteiger partial charge >= 0.3 is 0 Å². The third kappa shape index (κ3) is 4.58. The smallest absolute Gasteiger partial charge is 0.273 e. The zero-order valence-electron chi connectivity index (χ0n) is 17.2. The van der Waals surface area contributed by atoms with E-state index in [4.69, 9.17) is 14.0 Å². The Balaban J connectivity index is 1.36. The molecule has 2 aromatic heterocycles. The number of aromatic nitrogens is 3. The summed E-state index contributed by atoms with van der Waals surface area (Å²) in [7, 11) is 3.15. The molecule has 0 saturated heterocycles. The van der Waals surface area contributed by atoms with Crippen LogP contribution in [0.3, 0.4) is 0 Å². The van der Waals surface area contributed by atoms with Gasteiger partial charge in [0.15, 0.2) is 11.5 Å². The molecule has 0 unspecified atom stereocenters. The summed E-state index contributed by atoms with van der Waals surface area (Å²) in [6, 6.07) is 16.8. The molecule has 1 amide bonds. The van der Waals surface area contributed by atoms with Gasteiger partial charge in [-0.05, 0) is 48.4 Å². The summed E-state index contributed by atoms with van der Waals surface area (Å²) in [5, 5.41) is 11.0. The van der Waals surface area contributed by atoms with Crippen molar-refractivity contribution in [2.45, 2.75) is 6.42 Å². The molecule has 4 aromatic rings.